The van der Waals surface area contributed by atoms with Crippen molar-refractivity contribution in [3.8, 4) is 0 Å². The molecule has 0 aromatic rings. The zero-order chi connectivity index (χ0) is 8.43. The van der Waals surface area contributed by atoms with Crippen LogP contribution in [0.3, 0.4) is 0 Å². The highest BCUT2D eigenvalue weighted by Crippen LogP contribution is 2.19. The van der Waals surface area contributed by atoms with E-state index in [4.69, 9.17) is 5.11 Å². The fourth-order valence-corrected chi connectivity index (χ4v) is 0.742. The quantitative estimate of drug-likeness (QED) is 0.465. The lowest BCUT2D eigenvalue weighted by Crippen LogP contribution is -2.36. The first kappa shape index (κ1) is 7.64. The molecule has 1 saturated heterocycles. The smallest absolute Gasteiger partial charge is 0.364 e. The van der Waals surface area contributed by atoms with Crippen LogP contribution in [0.4, 0.5) is 4.39 Å². The third-order valence-electron chi connectivity index (χ3n) is 1.36. The first-order valence-corrected chi connectivity index (χ1v) is 2.84. The van der Waals surface area contributed by atoms with Gasteiger partial charge in [-0.25, -0.2) is 4.79 Å². The largest absolute Gasteiger partial charge is 0.476 e. The lowest BCUT2D eigenvalue weighted by Gasteiger charge is -2.27. The van der Waals surface area contributed by atoms with Crippen molar-refractivity contribution >= 4 is 5.97 Å². The predicted octanol–water partition coefficient (Wildman–Crippen LogP) is 0.292. The summed E-state index contributed by atoms with van der Waals surface area (Å²) < 4.78 is 12.4. The van der Waals surface area contributed by atoms with Gasteiger partial charge in [-0.2, -0.15) is 4.39 Å². The summed E-state index contributed by atoms with van der Waals surface area (Å²) in [5, 5.41) is 11.6. The van der Waals surface area contributed by atoms with Gasteiger partial charge >= 0.3 is 5.97 Å². The molecule has 11 heavy (non-hydrogen) atoms. The standard InChI is InChI=1S/C5H5FN2O3/c6-4(5(9)10)3-1-8(2-3)7-11/h1-2H2,(H,9,10). The molecule has 5 nitrogen and oxygen atoms in total. The predicted molar refractivity (Wildman–Crippen MR) is 33.1 cm³/mol. The van der Waals surface area contributed by atoms with Crippen LogP contribution in [0.5, 0.6) is 0 Å². The van der Waals surface area contributed by atoms with Gasteiger partial charge in [-0.3, -0.25) is 5.01 Å². The summed E-state index contributed by atoms with van der Waals surface area (Å²) in [5.41, 5.74) is 0.108. The third kappa shape index (κ3) is 1.34. The summed E-state index contributed by atoms with van der Waals surface area (Å²) in [4.78, 5) is 19.7. The van der Waals surface area contributed by atoms with Crippen LogP contribution >= 0.6 is 0 Å². The number of carbonyl (C=O) groups is 1. The Kier molecular flexibility index (Phi) is 1.84. The van der Waals surface area contributed by atoms with Crippen molar-refractivity contribution in [3.63, 3.8) is 0 Å². The molecular formula is C5H5FN2O3. The van der Waals surface area contributed by atoms with Gasteiger partial charge in [0.1, 0.15) is 0 Å². The fraction of sp³-hybridized carbons (Fsp3) is 0.400. The van der Waals surface area contributed by atoms with Crippen LogP contribution in [0.1, 0.15) is 0 Å². The maximum absolute atomic E-state index is 12.4. The highest BCUT2D eigenvalue weighted by molar-refractivity contribution is 5.85. The van der Waals surface area contributed by atoms with Crippen molar-refractivity contribution in [2.24, 2.45) is 5.29 Å². The summed E-state index contributed by atoms with van der Waals surface area (Å²) in [6.07, 6.45) is 0. The average molecular weight is 160 g/mol. The van der Waals surface area contributed by atoms with Crippen LogP contribution in [0, 0.1) is 4.91 Å². The molecule has 1 N–H and O–H groups in total. The van der Waals surface area contributed by atoms with Crippen LogP contribution in [0.15, 0.2) is 16.7 Å². The molecule has 6 heteroatoms. The van der Waals surface area contributed by atoms with E-state index < -0.39 is 11.8 Å². The van der Waals surface area contributed by atoms with Crippen LogP contribution in [0.2, 0.25) is 0 Å². The Morgan fingerprint density at radius 1 is 1.64 bits per heavy atom. The molecule has 60 valence electrons. The SMILES string of the molecule is O=NN1CC(=C(F)C(=O)O)C1. The molecular weight excluding hydrogens is 155 g/mol. The zero-order valence-corrected chi connectivity index (χ0v) is 5.45. The molecule has 0 aromatic heterocycles. The molecule has 0 spiro atoms. The number of nitrogens with zero attached hydrogens (tertiary/aromatic N) is 2. The van der Waals surface area contributed by atoms with Gasteiger partial charge in [0.2, 0.25) is 5.83 Å². The monoisotopic (exact) mass is 160 g/mol. The van der Waals surface area contributed by atoms with Gasteiger partial charge in [-0.1, -0.05) is 0 Å². The second-order valence-corrected chi connectivity index (χ2v) is 2.13. The molecule has 0 saturated carbocycles. The van der Waals surface area contributed by atoms with Crippen LogP contribution < -0.4 is 0 Å². The molecule has 1 aliphatic heterocycles. The van der Waals surface area contributed by atoms with Crippen molar-refractivity contribution < 1.29 is 14.3 Å². The Labute approximate surface area is 61.0 Å². The number of hydrogen-bond acceptors (Lipinski definition) is 3. The number of hydrogen-bond donors (Lipinski definition) is 1. The van der Waals surface area contributed by atoms with Crippen LogP contribution in [-0.4, -0.2) is 29.2 Å². The topological polar surface area (TPSA) is 70.0 Å². The molecule has 0 unspecified atom stereocenters. The number of halogens is 1. The number of rotatable bonds is 2. The van der Waals surface area contributed by atoms with Gasteiger partial charge in [0.15, 0.2) is 0 Å². The maximum atomic E-state index is 12.4. The van der Waals surface area contributed by atoms with E-state index >= 15 is 0 Å². The van der Waals surface area contributed by atoms with E-state index in [1.807, 2.05) is 0 Å². The molecule has 0 bridgehead atoms. The molecule has 1 fully saturated rings. The van der Waals surface area contributed by atoms with Gasteiger partial charge in [-0.15, -0.1) is 4.91 Å². The first-order chi connectivity index (χ1) is 5.15. The lowest BCUT2D eigenvalue weighted by atomic mass is 10.1. The molecule has 1 aliphatic rings. The minimum atomic E-state index is -1.59. The van der Waals surface area contributed by atoms with E-state index in [1.54, 1.807) is 0 Å². The Morgan fingerprint density at radius 3 is 2.55 bits per heavy atom. The van der Waals surface area contributed by atoms with Gasteiger partial charge in [0.05, 0.1) is 18.4 Å². The molecule has 0 aliphatic carbocycles. The van der Waals surface area contributed by atoms with Gasteiger partial charge < -0.3 is 5.11 Å². The fourth-order valence-electron chi connectivity index (χ4n) is 0.742. The van der Waals surface area contributed by atoms with Crippen molar-refractivity contribution in [2.45, 2.75) is 0 Å². The van der Waals surface area contributed by atoms with Crippen molar-refractivity contribution in [3.05, 3.63) is 16.3 Å². The molecule has 1 rings (SSSR count). The summed E-state index contributed by atoms with van der Waals surface area (Å²) in [6.45, 7) is -0.0245. The second kappa shape index (κ2) is 2.65. The average Bonchev–Trinajstić information content (AvgIpc) is 1.85. The highest BCUT2D eigenvalue weighted by Gasteiger charge is 2.26. The maximum Gasteiger partial charge on any atom is 0.364 e. The van der Waals surface area contributed by atoms with E-state index in [-0.39, 0.29) is 18.7 Å². The summed E-state index contributed by atoms with van der Waals surface area (Å²) in [5.74, 6) is -2.77. The Morgan fingerprint density at radius 2 is 2.18 bits per heavy atom. The minimum Gasteiger partial charge on any atom is -0.476 e. The van der Waals surface area contributed by atoms with Gasteiger partial charge in [0, 0.05) is 5.57 Å². The van der Waals surface area contributed by atoms with Gasteiger partial charge in [0.25, 0.3) is 0 Å². The molecule has 0 amide bonds. The number of nitroso groups, excluding NO2 is 1. The third-order valence-corrected chi connectivity index (χ3v) is 1.36. The van der Waals surface area contributed by atoms with Gasteiger partial charge in [-0.05, 0) is 0 Å². The molecule has 0 aromatic carbocycles. The molecule has 0 radical (unpaired) electrons. The van der Waals surface area contributed by atoms with Crippen LogP contribution in [0.25, 0.3) is 0 Å². The van der Waals surface area contributed by atoms with Crippen molar-refractivity contribution in [1.82, 2.24) is 5.01 Å². The molecule has 1 heterocycles. The summed E-state index contributed by atoms with van der Waals surface area (Å²) >= 11 is 0. The first-order valence-electron chi connectivity index (χ1n) is 2.84. The summed E-state index contributed by atoms with van der Waals surface area (Å²) in [7, 11) is 0. The number of carboxylic acid groups (broad SMARTS) is 1. The van der Waals surface area contributed by atoms with Crippen molar-refractivity contribution in [2.75, 3.05) is 13.1 Å². The number of aliphatic carboxylic acids is 1. The van der Waals surface area contributed by atoms with Crippen molar-refractivity contribution in [1.29, 1.82) is 0 Å². The number of carboxylic acids is 1. The zero-order valence-electron chi connectivity index (χ0n) is 5.45. The Hall–Kier alpha value is -1.46. The highest BCUT2D eigenvalue weighted by atomic mass is 19.1. The van der Waals surface area contributed by atoms with E-state index in [2.05, 4.69) is 5.29 Å². The van der Waals surface area contributed by atoms with E-state index in [0.29, 0.717) is 0 Å². The van der Waals surface area contributed by atoms with E-state index in [1.165, 1.54) is 0 Å². The van der Waals surface area contributed by atoms with Crippen LogP contribution in [-0.2, 0) is 4.79 Å². The van der Waals surface area contributed by atoms with E-state index in [0.717, 1.165) is 5.01 Å². The second-order valence-electron chi connectivity index (χ2n) is 2.13. The normalized spacial score (nSPS) is 15.7. The van der Waals surface area contributed by atoms with E-state index in [9.17, 15) is 14.1 Å². The molecule has 0 atom stereocenters. The minimum absolute atomic E-state index is 0.0123. The lowest BCUT2D eigenvalue weighted by molar-refractivity contribution is -0.134. The Bertz CT molecular complexity index is 230. The summed E-state index contributed by atoms with van der Waals surface area (Å²) in [6, 6.07) is 0. The Balaban J connectivity index is 2.59.